The maximum atomic E-state index is 12.8. The normalized spacial score (nSPS) is 13.9. The van der Waals surface area contributed by atoms with Crippen LogP contribution in [0.1, 0.15) is 42.2 Å². The van der Waals surface area contributed by atoms with E-state index in [1.54, 1.807) is 42.0 Å². The van der Waals surface area contributed by atoms with Gasteiger partial charge in [-0.05, 0) is 55.3 Å². The molecule has 29 heavy (non-hydrogen) atoms. The summed E-state index contributed by atoms with van der Waals surface area (Å²) in [6.45, 7) is 5.29. The fraction of sp³-hybridized carbons (Fsp3) is 0.318. The smallest absolute Gasteiger partial charge is 0.335 e. The van der Waals surface area contributed by atoms with Crippen LogP contribution < -0.4 is 4.74 Å². The Kier molecular flexibility index (Phi) is 5.87. The third-order valence-electron chi connectivity index (χ3n) is 5.08. The predicted molar refractivity (Wildman–Crippen MR) is 108 cm³/mol. The summed E-state index contributed by atoms with van der Waals surface area (Å²) < 4.78 is 5.29. The van der Waals surface area contributed by atoms with Crippen LogP contribution >= 0.6 is 0 Å². The topological polar surface area (TPSA) is 87.2 Å². The standard InChI is InChI=1S/C22H24N2O5/c1-14-10-17(12-18(11-14)22(27)28)21(26)24-8-6-23(7-9-24)20(25)16-5-4-15(2)19(13-16)29-3/h4-5,10-13H,6-9H2,1-3H3,(H,27,28). The van der Waals surface area contributed by atoms with Gasteiger partial charge in [0, 0.05) is 37.3 Å². The van der Waals surface area contributed by atoms with Gasteiger partial charge in [-0.1, -0.05) is 6.07 Å². The second kappa shape index (κ2) is 8.34. The van der Waals surface area contributed by atoms with Crippen molar-refractivity contribution < 1.29 is 24.2 Å². The Bertz CT molecular complexity index is 962. The highest BCUT2D eigenvalue weighted by molar-refractivity contribution is 5.98. The summed E-state index contributed by atoms with van der Waals surface area (Å²) in [6.07, 6.45) is 0. The number of ether oxygens (including phenoxy) is 1. The minimum Gasteiger partial charge on any atom is -0.496 e. The third kappa shape index (κ3) is 4.39. The van der Waals surface area contributed by atoms with Crippen molar-refractivity contribution in [2.24, 2.45) is 0 Å². The van der Waals surface area contributed by atoms with Gasteiger partial charge in [-0.2, -0.15) is 0 Å². The molecular formula is C22H24N2O5. The Morgan fingerprint density at radius 2 is 1.38 bits per heavy atom. The molecule has 2 aromatic carbocycles. The Morgan fingerprint density at radius 1 is 0.828 bits per heavy atom. The number of carboxylic acids is 1. The monoisotopic (exact) mass is 396 g/mol. The van der Waals surface area contributed by atoms with Gasteiger partial charge in [0.2, 0.25) is 0 Å². The van der Waals surface area contributed by atoms with Gasteiger partial charge in [-0.3, -0.25) is 9.59 Å². The van der Waals surface area contributed by atoms with Crippen molar-refractivity contribution in [2.75, 3.05) is 33.3 Å². The summed E-state index contributed by atoms with van der Waals surface area (Å²) in [5.41, 5.74) is 2.67. The van der Waals surface area contributed by atoms with Crippen LogP contribution in [0.3, 0.4) is 0 Å². The summed E-state index contributed by atoms with van der Waals surface area (Å²) in [7, 11) is 1.57. The van der Waals surface area contributed by atoms with E-state index >= 15 is 0 Å². The highest BCUT2D eigenvalue weighted by atomic mass is 16.5. The van der Waals surface area contributed by atoms with E-state index < -0.39 is 5.97 Å². The van der Waals surface area contributed by atoms with E-state index in [4.69, 9.17) is 4.74 Å². The molecule has 7 nitrogen and oxygen atoms in total. The number of rotatable bonds is 4. The van der Waals surface area contributed by atoms with Crippen LogP contribution in [0.5, 0.6) is 5.75 Å². The average molecular weight is 396 g/mol. The number of carbonyl (C=O) groups is 3. The Hall–Kier alpha value is -3.35. The van der Waals surface area contributed by atoms with Crippen LogP contribution in [-0.4, -0.2) is 66.0 Å². The van der Waals surface area contributed by atoms with Crippen LogP contribution in [-0.2, 0) is 0 Å². The van der Waals surface area contributed by atoms with Crippen molar-refractivity contribution in [2.45, 2.75) is 13.8 Å². The van der Waals surface area contributed by atoms with Gasteiger partial charge >= 0.3 is 5.97 Å². The van der Waals surface area contributed by atoms with Crippen molar-refractivity contribution in [3.8, 4) is 5.75 Å². The molecule has 0 aromatic heterocycles. The second-order valence-corrected chi connectivity index (χ2v) is 7.16. The average Bonchev–Trinajstić information content (AvgIpc) is 2.72. The largest absolute Gasteiger partial charge is 0.496 e. The van der Waals surface area contributed by atoms with E-state index in [0.717, 1.165) is 11.1 Å². The molecule has 152 valence electrons. The molecule has 7 heteroatoms. The molecule has 3 rings (SSSR count). The molecule has 1 heterocycles. The zero-order chi connectivity index (χ0) is 21.1. The highest BCUT2D eigenvalue weighted by Crippen LogP contribution is 2.21. The highest BCUT2D eigenvalue weighted by Gasteiger charge is 2.26. The van der Waals surface area contributed by atoms with Gasteiger partial charge in [0.05, 0.1) is 12.7 Å². The van der Waals surface area contributed by atoms with Crippen molar-refractivity contribution in [1.82, 2.24) is 9.80 Å². The van der Waals surface area contributed by atoms with E-state index in [0.29, 0.717) is 43.1 Å². The molecule has 0 spiro atoms. The van der Waals surface area contributed by atoms with Crippen LogP contribution in [0.25, 0.3) is 0 Å². The summed E-state index contributed by atoms with van der Waals surface area (Å²) in [5.74, 6) is -0.718. The number of benzene rings is 2. The molecule has 2 aromatic rings. The van der Waals surface area contributed by atoms with Crippen LogP contribution in [0.2, 0.25) is 0 Å². The van der Waals surface area contributed by atoms with Crippen LogP contribution in [0.4, 0.5) is 0 Å². The molecule has 0 aliphatic carbocycles. The number of aromatic carboxylic acids is 1. The number of aryl methyl sites for hydroxylation is 2. The number of nitrogens with zero attached hydrogens (tertiary/aromatic N) is 2. The van der Waals surface area contributed by atoms with Gasteiger partial charge in [0.15, 0.2) is 0 Å². The number of carboxylic acid groups (broad SMARTS) is 1. The second-order valence-electron chi connectivity index (χ2n) is 7.16. The lowest BCUT2D eigenvalue weighted by Crippen LogP contribution is -2.50. The van der Waals surface area contributed by atoms with Gasteiger partial charge in [-0.15, -0.1) is 0 Å². The zero-order valence-electron chi connectivity index (χ0n) is 16.8. The first-order valence-electron chi connectivity index (χ1n) is 9.38. The maximum Gasteiger partial charge on any atom is 0.335 e. The Morgan fingerprint density at radius 3 is 1.93 bits per heavy atom. The third-order valence-corrected chi connectivity index (χ3v) is 5.08. The summed E-state index contributed by atoms with van der Waals surface area (Å²) in [5, 5.41) is 9.21. The van der Waals surface area contributed by atoms with Crippen LogP contribution in [0.15, 0.2) is 36.4 Å². The quantitative estimate of drug-likeness (QED) is 0.858. The lowest BCUT2D eigenvalue weighted by Gasteiger charge is -2.35. The van der Waals surface area contributed by atoms with Crippen molar-refractivity contribution in [3.63, 3.8) is 0 Å². The minimum absolute atomic E-state index is 0.0930. The molecule has 0 unspecified atom stereocenters. The maximum absolute atomic E-state index is 12.8. The molecule has 1 aliphatic heterocycles. The van der Waals surface area contributed by atoms with Gasteiger partial charge in [0.1, 0.15) is 5.75 Å². The molecule has 1 aliphatic rings. The molecule has 0 atom stereocenters. The molecule has 2 amide bonds. The first kappa shape index (κ1) is 20.4. The summed E-state index contributed by atoms with van der Waals surface area (Å²) in [4.78, 5) is 40.2. The molecule has 1 N–H and O–H groups in total. The summed E-state index contributed by atoms with van der Waals surface area (Å²) >= 11 is 0. The molecule has 1 saturated heterocycles. The predicted octanol–water partition coefficient (Wildman–Crippen LogP) is 2.61. The Balaban J connectivity index is 1.68. The van der Waals surface area contributed by atoms with Gasteiger partial charge < -0.3 is 19.6 Å². The van der Waals surface area contributed by atoms with Crippen molar-refractivity contribution in [3.05, 3.63) is 64.2 Å². The van der Waals surface area contributed by atoms with E-state index in [9.17, 15) is 19.5 Å². The Labute approximate surface area is 169 Å². The first-order chi connectivity index (χ1) is 13.8. The number of hydrogen-bond donors (Lipinski definition) is 1. The zero-order valence-corrected chi connectivity index (χ0v) is 16.8. The fourth-order valence-electron chi connectivity index (χ4n) is 3.46. The lowest BCUT2D eigenvalue weighted by molar-refractivity contribution is 0.0535. The first-order valence-corrected chi connectivity index (χ1v) is 9.38. The number of amides is 2. The van der Waals surface area contributed by atoms with E-state index in [1.165, 1.54) is 12.1 Å². The van der Waals surface area contributed by atoms with Crippen LogP contribution in [0, 0.1) is 13.8 Å². The lowest BCUT2D eigenvalue weighted by atomic mass is 10.0. The molecule has 0 saturated carbocycles. The SMILES string of the molecule is COc1cc(C(=O)N2CCN(C(=O)c3cc(C)cc(C(=O)O)c3)CC2)ccc1C. The molecule has 0 bridgehead atoms. The fourth-order valence-corrected chi connectivity index (χ4v) is 3.46. The number of carbonyl (C=O) groups excluding carboxylic acids is 2. The minimum atomic E-state index is -1.06. The number of piperazine rings is 1. The molecule has 0 radical (unpaired) electrons. The number of methoxy groups -OCH3 is 1. The summed E-state index contributed by atoms with van der Waals surface area (Å²) in [6, 6.07) is 9.97. The van der Waals surface area contributed by atoms with E-state index in [-0.39, 0.29) is 17.4 Å². The van der Waals surface area contributed by atoms with Gasteiger partial charge in [-0.25, -0.2) is 4.79 Å². The van der Waals surface area contributed by atoms with Crippen molar-refractivity contribution in [1.29, 1.82) is 0 Å². The number of hydrogen-bond acceptors (Lipinski definition) is 4. The van der Waals surface area contributed by atoms with E-state index in [2.05, 4.69) is 0 Å². The van der Waals surface area contributed by atoms with Gasteiger partial charge in [0.25, 0.3) is 11.8 Å². The van der Waals surface area contributed by atoms with Crippen molar-refractivity contribution >= 4 is 17.8 Å². The molecule has 1 fully saturated rings. The molecular weight excluding hydrogens is 372 g/mol. The van der Waals surface area contributed by atoms with E-state index in [1.807, 2.05) is 13.0 Å².